The summed E-state index contributed by atoms with van der Waals surface area (Å²) in [6.07, 6.45) is 0. The molecule has 1 aromatic rings. The predicted molar refractivity (Wildman–Crippen MR) is 81.5 cm³/mol. The van der Waals surface area contributed by atoms with E-state index >= 15 is 0 Å². The zero-order valence-electron chi connectivity index (χ0n) is 12.7. The second-order valence-electron chi connectivity index (χ2n) is 5.97. The fraction of sp³-hybridized carbons (Fsp3) is 0.625. The van der Waals surface area contributed by atoms with Gasteiger partial charge in [-0.15, -0.1) is 0 Å². The molecule has 1 aliphatic heterocycles. The van der Waals surface area contributed by atoms with Crippen LogP contribution in [0.25, 0.3) is 0 Å². The van der Waals surface area contributed by atoms with Crippen LogP contribution in [0.15, 0.2) is 18.2 Å². The van der Waals surface area contributed by atoms with Gasteiger partial charge in [0, 0.05) is 38.8 Å². The third kappa shape index (κ3) is 4.03. The lowest BCUT2D eigenvalue weighted by molar-refractivity contribution is 0.150. The molecule has 1 atom stereocenters. The maximum atomic E-state index is 3.49. The van der Waals surface area contributed by atoms with E-state index in [0.29, 0.717) is 6.04 Å². The van der Waals surface area contributed by atoms with E-state index in [0.717, 1.165) is 32.7 Å². The van der Waals surface area contributed by atoms with E-state index in [-0.39, 0.29) is 0 Å². The number of piperazine rings is 1. The SMILES string of the molecule is Cc1ccc(C)c(CN(C)CC2CNCCN2C)c1. The summed E-state index contributed by atoms with van der Waals surface area (Å²) in [5, 5.41) is 3.49. The molecule has 2 rings (SSSR count). The third-order valence-corrected chi connectivity index (χ3v) is 4.11. The standard InChI is InChI=1S/C16H27N3/c1-13-5-6-14(2)15(9-13)11-18(3)12-16-10-17-7-8-19(16)4/h5-6,9,16-17H,7-8,10-12H2,1-4H3. The molecule has 1 heterocycles. The van der Waals surface area contributed by atoms with Gasteiger partial charge in [-0.2, -0.15) is 0 Å². The average molecular weight is 261 g/mol. The van der Waals surface area contributed by atoms with Crippen LogP contribution in [0.5, 0.6) is 0 Å². The third-order valence-electron chi connectivity index (χ3n) is 4.11. The number of hydrogen-bond donors (Lipinski definition) is 1. The molecule has 0 saturated carbocycles. The van der Waals surface area contributed by atoms with Gasteiger partial charge in [0.25, 0.3) is 0 Å². The van der Waals surface area contributed by atoms with Gasteiger partial charge in [0.15, 0.2) is 0 Å². The molecule has 106 valence electrons. The van der Waals surface area contributed by atoms with Crippen LogP contribution < -0.4 is 5.32 Å². The maximum absolute atomic E-state index is 3.49. The van der Waals surface area contributed by atoms with Crippen molar-refractivity contribution in [2.45, 2.75) is 26.4 Å². The summed E-state index contributed by atoms with van der Waals surface area (Å²) < 4.78 is 0. The first-order valence-corrected chi connectivity index (χ1v) is 7.22. The minimum absolute atomic E-state index is 0.629. The van der Waals surface area contributed by atoms with Crippen LogP contribution >= 0.6 is 0 Å². The lowest BCUT2D eigenvalue weighted by Gasteiger charge is -2.35. The van der Waals surface area contributed by atoms with Gasteiger partial charge in [-0.1, -0.05) is 23.8 Å². The Morgan fingerprint density at radius 3 is 2.89 bits per heavy atom. The molecule has 3 nitrogen and oxygen atoms in total. The highest BCUT2D eigenvalue weighted by molar-refractivity contribution is 5.30. The predicted octanol–water partition coefficient (Wildman–Crippen LogP) is 1.64. The Hall–Kier alpha value is -0.900. The van der Waals surface area contributed by atoms with Crippen LogP contribution in [0.2, 0.25) is 0 Å². The van der Waals surface area contributed by atoms with Crippen molar-refractivity contribution in [1.82, 2.24) is 15.1 Å². The Bertz CT molecular complexity index is 416. The fourth-order valence-corrected chi connectivity index (χ4v) is 2.75. The summed E-state index contributed by atoms with van der Waals surface area (Å²) >= 11 is 0. The van der Waals surface area contributed by atoms with Crippen molar-refractivity contribution in [2.75, 3.05) is 40.3 Å². The van der Waals surface area contributed by atoms with E-state index in [2.05, 4.69) is 61.3 Å². The summed E-state index contributed by atoms with van der Waals surface area (Å²) in [5.41, 5.74) is 4.20. The number of likely N-dealkylation sites (N-methyl/N-ethyl adjacent to an activating group) is 2. The van der Waals surface area contributed by atoms with Crippen LogP contribution in [-0.2, 0) is 6.54 Å². The highest BCUT2D eigenvalue weighted by atomic mass is 15.2. The van der Waals surface area contributed by atoms with Crippen LogP contribution in [0, 0.1) is 13.8 Å². The molecule has 3 heteroatoms. The van der Waals surface area contributed by atoms with E-state index in [1.807, 2.05) is 0 Å². The van der Waals surface area contributed by atoms with Gasteiger partial charge in [-0.05, 0) is 39.1 Å². The van der Waals surface area contributed by atoms with E-state index in [9.17, 15) is 0 Å². The van der Waals surface area contributed by atoms with Crippen molar-refractivity contribution in [3.8, 4) is 0 Å². The number of nitrogens with zero attached hydrogens (tertiary/aromatic N) is 2. The lowest BCUT2D eigenvalue weighted by atomic mass is 10.0. The molecule has 0 aromatic heterocycles. The van der Waals surface area contributed by atoms with Crippen LogP contribution in [0.1, 0.15) is 16.7 Å². The Kier molecular flexibility index (Phi) is 4.97. The molecule has 19 heavy (non-hydrogen) atoms. The average Bonchev–Trinajstić information content (AvgIpc) is 2.37. The van der Waals surface area contributed by atoms with Crippen LogP contribution in [-0.4, -0.2) is 56.1 Å². The number of aryl methyl sites for hydroxylation is 2. The first-order chi connectivity index (χ1) is 9.06. The minimum atomic E-state index is 0.629. The normalized spacial score (nSPS) is 21.0. The molecule has 1 saturated heterocycles. The molecule has 1 fully saturated rings. The number of rotatable bonds is 4. The second kappa shape index (κ2) is 6.51. The number of hydrogen-bond acceptors (Lipinski definition) is 3. The molecule has 0 bridgehead atoms. The molecule has 1 unspecified atom stereocenters. The van der Waals surface area contributed by atoms with Gasteiger partial charge in [-0.3, -0.25) is 4.90 Å². The maximum Gasteiger partial charge on any atom is 0.0345 e. The van der Waals surface area contributed by atoms with Crippen molar-refractivity contribution >= 4 is 0 Å². The molecular formula is C16H27N3. The molecule has 1 aliphatic rings. The Labute approximate surface area is 117 Å². The Morgan fingerprint density at radius 2 is 2.16 bits per heavy atom. The minimum Gasteiger partial charge on any atom is -0.314 e. The zero-order chi connectivity index (χ0) is 13.8. The van der Waals surface area contributed by atoms with E-state index in [1.165, 1.54) is 16.7 Å². The molecule has 1 N–H and O–H groups in total. The largest absolute Gasteiger partial charge is 0.314 e. The van der Waals surface area contributed by atoms with Gasteiger partial charge in [0.2, 0.25) is 0 Å². The Morgan fingerprint density at radius 1 is 1.37 bits per heavy atom. The van der Waals surface area contributed by atoms with Crippen LogP contribution in [0.3, 0.4) is 0 Å². The molecular weight excluding hydrogens is 234 g/mol. The first-order valence-electron chi connectivity index (χ1n) is 7.22. The second-order valence-corrected chi connectivity index (χ2v) is 5.97. The molecule has 0 aliphatic carbocycles. The van der Waals surface area contributed by atoms with E-state index in [4.69, 9.17) is 0 Å². The monoisotopic (exact) mass is 261 g/mol. The smallest absolute Gasteiger partial charge is 0.0345 e. The zero-order valence-corrected chi connectivity index (χ0v) is 12.7. The molecule has 0 radical (unpaired) electrons. The van der Waals surface area contributed by atoms with Crippen molar-refractivity contribution < 1.29 is 0 Å². The highest BCUT2D eigenvalue weighted by Crippen LogP contribution is 2.13. The number of nitrogens with one attached hydrogen (secondary N) is 1. The van der Waals surface area contributed by atoms with Crippen molar-refractivity contribution in [3.05, 3.63) is 34.9 Å². The summed E-state index contributed by atoms with van der Waals surface area (Å²) in [4.78, 5) is 4.91. The quantitative estimate of drug-likeness (QED) is 0.889. The Balaban J connectivity index is 1.93. The summed E-state index contributed by atoms with van der Waals surface area (Å²) in [5.74, 6) is 0. The summed E-state index contributed by atoms with van der Waals surface area (Å²) in [7, 11) is 4.46. The van der Waals surface area contributed by atoms with E-state index in [1.54, 1.807) is 0 Å². The van der Waals surface area contributed by atoms with Gasteiger partial charge in [0.1, 0.15) is 0 Å². The van der Waals surface area contributed by atoms with Crippen molar-refractivity contribution in [2.24, 2.45) is 0 Å². The van der Waals surface area contributed by atoms with Gasteiger partial charge >= 0.3 is 0 Å². The topological polar surface area (TPSA) is 18.5 Å². The summed E-state index contributed by atoms with van der Waals surface area (Å²) in [6.45, 7) is 9.91. The fourth-order valence-electron chi connectivity index (χ4n) is 2.75. The lowest BCUT2D eigenvalue weighted by Crippen LogP contribution is -2.53. The molecule has 0 amide bonds. The summed E-state index contributed by atoms with van der Waals surface area (Å²) in [6, 6.07) is 7.36. The highest BCUT2D eigenvalue weighted by Gasteiger charge is 2.20. The van der Waals surface area contributed by atoms with Gasteiger partial charge < -0.3 is 10.2 Å². The number of benzene rings is 1. The van der Waals surface area contributed by atoms with E-state index < -0.39 is 0 Å². The molecule has 0 spiro atoms. The molecule has 1 aromatic carbocycles. The van der Waals surface area contributed by atoms with Gasteiger partial charge in [-0.25, -0.2) is 0 Å². The van der Waals surface area contributed by atoms with Gasteiger partial charge in [0.05, 0.1) is 0 Å². The van der Waals surface area contributed by atoms with Crippen molar-refractivity contribution in [3.63, 3.8) is 0 Å². The van der Waals surface area contributed by atoms with Crippen molar-refractivity contribution in [1.29, 1.82) is 0 Å². The first kappa shape index (κ1) is 14.5. The van der Waals surface area contributed by atoms with Crippen LogP contribution in [0.4, 0.5) is 0 Å².